The molecule has 70 valence electrons. The van der Waals surface area contributed by atoms with E-state index in [0.29, 0.717) is 11.2 Å². The fourth-order valence-corrected chi connectivity index (χ4v) is 3.78. The number of hydrogen-bond acceptors (Lipinski definition) is 4. The van der Waals surface area contributed by atoms with Crippen molar-refractivity contribution in [3.8, 4) is 0 Å². The molecule has 1 rings (SSSR count). The first-order chi connectivity index (χ1) is 5.79. The van der Waals surface area contributed by atoms with Gasteiger partial charge in [-0.05, 0) is 17.9 Å². The van der Waals surface area contributed by atoms with Gasteiger partial charge in [0.15, 0.2) is 0 Å². The highest BCUT2D eigenvalue weighted by Crippen LogP contribution is 2.32. The minimum absolute atomic E-state index is 0.458. The van der Waals surface area contributed by atoms with Crippen LogP contribution in [0.15, 0.2) is 0 Å². The summed E-state index contributed by atoms with van der Waals surface area (Å²) in [5, 5.41) is 0. The van der Waals surface area contributed by atoms with Gasteiger partial charge in [0.05, 0.1) is 11.2 Å². The van der Waals surface area contributed by atoms with Gasteiger partial charge in [-0.3, -0.25) is 0 Å². The Balaban J connectivity index is 2.01. The molecule has 0 radical (unpaired) electrons. The van der Waals surface area contributed by atoms with E-state index in [-0.39, 0.29) is 0 Å². The molecule has 12 heavy (non-hydrogen) atoms. The fraction of sp³-hybridized carbons (Fsp3) is 0.857. The summed E-state index contributed by atoms with van der Waals surface area (Å²) >= 11 is 3.89. The second-order valence-electron chi connectivity index (χ2n) is 2.48. The zero-order valence-electron chi connectivity index (χ0n) is 6.82. The predicted octanol–water partition coefficient (Wildman–Crippen LogP) is 1.67. The van der Waals surface area contributed by atoms with Gasteiger partial charge in [0.25, 0.3) is 0 Å². The van der Waals surface area contributed by atoms with Crippen LogP contribution in [0.25, 0.3) is 0 Å². The molecule has 1 aliphatic rings. The van der Waals surface area contributed by atoms with E-state index in [4.69, 9.17) is 5.73 Å². The number of hydrogen-bond donors (Lipinski definition) is 1. The molecule has 5 heteroatoms. The van der Waals surface area contributed by atoms with Crippen molar-refractivity contribution in [2.24, 2.45) is 5.73 Å². The van der Waals surface area contributed by atoms with Crippen LogP contribution in [-0.2, 0) is 4.74 Å². The molecule has 1 heterocycles. The van der Waals surface area contributed by atoms with Crippen LogP contribution in [-0.4, -0.2) is 28.8 Å². The van der Waals surface area contributed by atoms with Crippen LogP contribution in [0.2, 0.25) is 0 Å². The van der Waals surface area contributed by atoms with Gasteiger partial charge in [-0.1, -0.05) is 0 Å². The highest BCUT2D eigenvalue weighted by atomic mass is 32.2. The monoisotopic (exact) mass is 207 g/mol. The maximum absolute atomic E-state index is 10.2. The topological polar surface area (TPSA) is 52.3 Å². The number of amides is 1. The minimum atomic E-state index is -0.666. The molecule has 2 N–H and O–H groups in total. The standard InChI is InChI=1S/C7H13NO2S2/c8-7(9)10-3-2-6-11-4-1-5-12-6/h6H,1-5H2,(H2,8,9). The molecule has 1 amide bonds. The Labute approximate surface area is 80.8 Å². The van der Waals surface area contributed by atoms with Crippen molar-refractivity contribution in [3.05, 3.63) is 0 Å². The van der Waals surface area contributed by atoms with E-state index in [9.17, 15) is 4.79 Å². The van der Waals surface area contributed by atoms with Crippen LogP contribution in [0.5, 0.6) is 0 Å². The lowest BCUT2D eigenvalue weighted by molar-refractivity contribution is 0.156. The summed E-state index contributed by atoms with van der Waals surface area (Å²) < 4.78 is 5.25. The van der Waals surface area contributed by atoms with Crippen LogP contribution in [0, 0.1) is 0 Å². The van der Waals surface area contributed by atoms with Crippen molar-refractivity contribution in [3.63, 3.8) is 0 Å². The summed E-state index contributed by atoms with van der Waals surface area (Å²) in [6.07, 6.45) is 1.54. The maximum Gasteiger partial charge on any atom is 0.404 e. The maximum atomic E-state index is 10.2. The summed E-state index contributed by atoms with van der Waals surface area (Å²) in [5.41, 5.74) is 4.83. The number of rotatable bonds is 3. The first-order valence-electron chi connectivity index (χ1n) is 3.94. The van der Waals surface area contributed by atoms with Crippen molar-refractivity contribution in [2.75, 3.05) is 18.1 Å². The molecule has 3 nitrogen and oxygen atoms in total. The Morgan fingerprint density at radius 1 is 1.50 bits per heavy atom. The fourth-order valence-electron chi connectivity index (χ4n) is 0.959. The van der Waals surface area contributed by atoms with Gasteiger partial charge < -0.3 is 10.5 Å². The third-order valence-corrected chi connectivity index (χ3v) is 4.57. The van der Waals surface area contributed by atoms with Crippen molar-refractivity contribution in [1.29, 1.82) is 0 Å². The summed E-state index contributed by atoms with van der Waals surface area (Å²) in [7, 11) is 0. The lowest BCUT2D eigenvalue weighted by atomic mass is 10.5. The zero-order chi connectivity index (χ0) is 8.81. The van der Waals surface area contributed by atoms with Gasteiger partial charge >= 0.3 is 6.09 Å². The normalized spacial score (nSPS) is 19.0. The molecule has 0 aromatic rings. The van der Waals surface area contributed by atoms with Crippen LogP contribution < -0.4 is 5.73 Å². The van der Waals surface area contributed by atoms with Gasteiger partial charge in [0, 0.05) is 6.42 Å². The SMILES string of the molecule is NC(=O)OCCC1SCCCS1. The van der Waals surface area contributed by atoms with Crippen LogP contribution in [0.4, 0.5) is 4.79 Å². The van der Waals surface area contributed by atoms with E-state index in [1.54, 1.807) is 0 Å². The number of carbonyl (C=O) groups is 1. The Kier molecular flexibility index (Phi) is 4.68. The number of nitrogens with two attached hydrogens (primary N) is 1. The van der Waals surface area contributed by atoms with Gasteiger partial charge in [0.1, 0.15) is 0 Å². The van der Waals surface area contributed by atoms with Gasteiger partial charge in [-0.2, -0.15) is 0 Å². The Bertz CT molecular complexity index is 148. The molecule has 0 aliphatic carbocycles. The first-order valence-corrected chi connectivity index (χ1v) is 6.04. The molecule has 1 saturated heterocycles. The van der Waals surface area contributed by atoms with Gasteiger partial charge in [0.2, 0.25) is 0 Å². The lowest BCUT2D eigenvalue weighted by Gasteiger charge is -2.20. The van der Waals surface area contributed by atoms with E-state index >= 15 is 0 Å². The summed E-state index contributed by atoms with van der Waals surface area (Å²) in [6, 6.07) is 0. The molecule has 0 spiro atoms. The first kappa shape index (κ1) is 10.1. The quantitative estimate of drug-likeness (QED) is 0.765. The third kappa shape index (κ3) is 4.11. The van der Waals surface area contributed by atoms with Gasteiger partial charge in [-0.15, -0.1) is 23.5 Å². The van der Waals surface area contributed by atoms with Crippen molar-refractivity contribution < 1.29 is 9.53 Å². The van der Waals surface area contributed by atoms with E-state index in [0.717, 1.165) is 6.42 Å². The number of carbonyl (C=O) groups excluding carboxylic acids is 1. The Morgan fingerprint density at radius 3 is 2.75 bits per heavy atom. The molecule has 0 atom stereocenters. The molecular formula is C7H13NO2S2. The molecular weight excluding hydrogens is 194 g/mol. The van der Waals surface area contributed by atoms with Crippen LogP contribution >= 0.6 is 23.5 Å². The minimum Gasteiger partial charge on any atom is -0.450 e. The Hall–Kier alpha value is -0.0300. The summed E-state index contributed by atoms with van der Waals surface area (Å²) in [5.74, 6) is 2.46. The van der Waals surface area contributed by atoms with E-state index in [1.165, 1.54) is 17.9 Å². The van der Waals surface area contributed by atoms with Crippen molar-refractivity contribution in [2.45, 2.75) is 17.4 Å². The van der Waals surface area contributed by atoms with Crippen molar-refractivity contribution >= 4 is 29.6 Å². The molecule has 0 unspecified atom stereocenters. The average Bonchev–Trinajstić information content (AvgIpc) is 2.05. The summed E-state index contributed by atoms with van der Waals surface area (Å²) in [4.78, 5) is 10.2. The molecule has 0 aromatic heterocycles. The largest absolute Gasteiger partial charge is 0.450 e. The summed E-state index contributed by atoms with van der Waals surface area (Å²) in [6.45, 7) is 0.458. The number of ether oxygens (including phenoxy) is 1. The van der Waals surface area contributed by atoms with E-state index in [1.807, 2.05) is 23.5 Å². The number of thioether (sulfide) groups is 2. The molecule has 0 aromatic carbocycles. The van der Waals surface area contributed by atoms with Crippen LogP contribution in [0.3, 0.4) is 0 Å². The molecule has 0 bridgehead atoms. The highest BCUT2D eigenvalue weighted by molar-refractivity contribution is 8.17. The molecule has 0 saturated carbocycles. The third-order valence-electron chi connectivity index (χ3n) is 1.49. The second kappa shape index (κ2) is 5.59. The Morgan fingerprint density at radius 2 is 2.17 bits per heavy atom. The smallest absolute Gasteiger partial charge is 0.404 e. The highest BCUT2D eigenvalue weighted by Gasteiger charge is 2.14. The van der Waals surface area contributed by atoms with E-state index in [2.05, 4.69) is 4.74 Å². The predicted molar refractivity (Wildman–Crippen MR) is 53.5 cm³/mol. The number of primary amides is 1. The van der Waals surface area contributed by atoms with Crippen molar-refractivity contribution in [1.82, 2.24) is 0 Å². The average molecular weight is 207 g/mol. The van der Waals surface area contributed by atoms with Gasteiger partial charge in [-0.25, -0.2) is 4.79 Å². The van der Waals surface area contributed by atoms with E-state index < -0.39 is 6.09 Å². The molecule has 1 fully saturated rings. The zero-order valence-corrected chi connectivity index (χ0v) is 8.46. The lowest BCUT2D eigenvalue weighted by Crippen LogP contribution is -2.16. The second-order valence-corrected chi connectivity index (χ2v) is 5.40. The molecule has 1 aliphatic heterocycles. The van der Waals surface area contributed by atoms with Crippen LogP contribution in [0.1, 0.15) is 12.8 Å².